The minimum absolute atomic E-state index is 0.167. The Balaban J connectivity index is 2.40. The minimum Gasteiger partial charge on any atom is -0.464 e. The molecule has 0 bridgehead atoms. The Hall–Kier alpha value is -1.10. The van der Waals surface area contributed by atoms with Crippen LogP contribution >= 0.6 is 0 Å². The molecule has 1 fully saturated rings. The molecule has 1 rings (SSSR count). The summed E-state index contributed by atoms with van der Waals surface area (Å²) in [5.41, 5.74) is 0. The standard InChI is InChI=1S/C7H12N2O3/c1-2-12-7(11)5-3-8-4-6(10)9-5/h5,8H,2-4H2,1H3,(H,9,10). The van der Waals surface area contributed by atoms with Gasteiger partial charge in [-0.3, -0.25) is 4.79 Å². The largest absolute Gasteiger partial charge is 0.464 e. The zero-order valence-electron chi connectivity index (χ0n) is 6.92. The van der Waals surface area contributed by atoms with Gasteiger partial charge in [-0.1, -0.05) is 0 Å². The molecule has 0 aromatic heterocycles. The SMILES string of the molecule is CCOC(=O)C1CNCC(=O)N1. The zero-order valence-corrected chi connectivity index (χ0v) is 6.92. The van der Waals surface area contributed by atoms with Gasteiger partial charge in [-0.15, -0.1) is 0 Å². The van der Waals surface area contributed by atoms with Crippen molar-refractivity contribution >= 4 is 11.9 Å². The lowest BCUT2D eigenvalue weighted by Gasteiger charge is -2.22. The maximum absolute atomic E-state index is 11.1. The first-order valence-electron chi connectivity index (χ1n) is 3.90. The van der Waals surface area contributed by atoms with Crippen LogP contribution in [0.3, 0.4) is 0 Å². The molecule has 12 heavy (non-hydrogen) atoms. The van der Waals surface area contributed by atoms with E-state index in [1.165, 1.54) is 0 Å². The molecule has 0 saturated carbocycles. The smallest absolute Gasteiger partial charge is 0.329 e. The van der Waals surface area contributed by atoms with Gasteiger partial charge >= 0.3 is 5.97 Å². The molecular weight excluding hydrogens is 160 g/mol. The molecule has 0 aromatic carbocycles. The van der Waals surface area contributed by atoms with Crippen LogP contribution in [-0.4, -0.2) is 37.6 Å². The summed E-state index contributed by atoms with van der Waals surface area (Å²) < 4.78 is 4.74. The number of carbonyl (C=O) groups is 2. The minimum atomic E-state index is -0.522. The van der Waals surface area contributed by atoms with Crippen LogP contribution in [0, 0.1) is 0 Å². The number of piperazine rings is 1. The van der Waals surface area contributed by atoms with Gasteiger partial charge in [-0.2, -0.15) is 0 Å². The Bertz CT molecular complexity index is 193. The van der Waals surface area contributed by atoms with E-state index in [-0.39, 0.29) is 18.4 Å². The molecule has 1 unspecified atom stereocenters. The number of rotatable bonds is 2. The van der Waals surface area contributed by atoms with Crippen molar-refractivity contribution in [3.05, 3.63) is 0 Å². The molecule has 0 spiro atoms. The summed E-state index contributed by atoms with van der Waals surface area (Å²) in [7, 11) is 0. The lowest BCUT2D eigenvalue weighted by atomic mass is 10.2. The number of ether oxygens (including phenoxy) is 1. The van der Waals surface area contributed by atoms with Crippen LogP contribution in [0.1, 0.15) is 6.92 Å². The maximum Gasteiger partial charge on any atom is 0.329 e. The van der Waals surface area contributed by atoms with E-state index in [9.17, 15) is 9.59 Å². The average Bonchev–Trinajstić information content (AvgIpc) is 2.05. The highest BCUT2D eigenvalue weighted by Crippen LogP contribution is 1.91. The van der Waals surface area contributed by atoms with Crippen LogP contribution in [0.5, 0.6) is 0 Å². The van der Waals surface area contributed by atoms with E-state index < -0.39 is 6.04 Å². The molecule has 1 atom stereocenters. The third-order valence-electron chi connectivity index (χ3n) is 1.54. The molecule has 2 N–H and O–H groups in total. The lowest BCUT2D eigenvalue weighted by Crippen LogP contribution is -2.56. The van der Waals surface area contributed by atoms with Crippen molar-refractivity contribution in [1.29, 1.82) is 0 Å². The third-order valence-corrected chi connectivity index (χ3v) is 1.54. The molecule has 0 aliphatic carbocycles. The van der Waals surface area contributed by atoms with Crippen molar-refractivity contribution in [1.82, 2.24) is 10.6 Å². The average molecular weight is 172 g/mol. The fourth-order valence-corrected chi connectivity index (χ4v) is 1.01. The van der Waals surface area contributed by atoms with Gasteiger partial charge in [0.15, 0.2) is 0 Å². The van der Waals surface area contributed by atoms with Gasteiger partial charge in [0.2, 0.25) is 5.91 Å². The van der Waals surface area contributed by atoms with Gasteiger partial charge in [-0.25, -0.2) is 4.79 Å². The highest BCUT2D eigenvalue weighted by Gasteiger charge is 2.24. The summed E-state index contributed by atoms with van der Waals surface area (Å²) in [4.78, 5) is 21.9. The molecule has 68 valence electrons. The van der Waals surface area contributed by atoms with Gasteiger partial charge in [0, 0.05) is 6.54 Å². The van der Waals surface area contributed by atoms with Crippen molar-refractivity contribution in [2.45, 2.75) is 13.0 Å². The van der Waals surface area contributed by atoms with E-state index in [0.29, 0.717) is 13.2 Å². The Labute approximate surface area is 70.5 Å². The van der Waals surface area contributed by atoms with Crippen molar-refractivity contribution in [2.24, 2.45) is 0 Å². The van der Waals surface area contributed by atoms with Crippen LogP contribution in [0.2, 0.25) is 0 Å². The summed E-state index contributed by atoms with van der Waals surface area (Å²) in [6.45, 7) is 2.79. The second-order valence-electron chi connectivity index (χ2n) is 2.50. The molecule has 1 heterocycles. The van der Waals surface area contributed by atoms with Gasteiger partial charge in [0.05, 0.1) is 13.2 Å². The Morgan fingerprint density at radius 2 is 2.50 bits per heavy atom. The first kappa shape index (κ1) is 8.99. The number of esters is 1. The number of amides is 1. The second-order valence-corrected chi connectivity index (χ2v) is 2.50. The van der Waals surface area contributed by atoms with Gasteiger partial charge < -0.3 is 15.4 Å². The number of hydrogen-bond acceptors (Lipinski definition) is 4. The molecular formula is C7H12N2O3. The molecule has 1 aliphatic rings. The van der Waals surface area contributed by atoms with Gasteiger partial charge in [-0.05, 0) is 6.92 Å². The monoisotopic (exact) mass is 172 g/mol. The molecule has 5 nitrogen and oxygen atoms in total. The first-order valence-corrected chi connectivity index (χ1v) is 3.90. The third kappa shape index (κ3) is 2.20. The van der Waals surface area contributed by atoms with Gasteiger partial charge in [0.1, 0.15) is 6.04 Å². The molecule has 0 aromatic rings. The summed E-state index contributed by atoms with van der Waals surface area (Å²) in [5, 5.41) is 5.34. The Morgan fingerprint density at radius 1 is 1.75 bits per heavy atom. The quantitative estimate of drug-likeness (QED) is 0.505. The first-order chi connectivity index (χ1) is 5.74. The predicted octanol–water partition coefficient (Wildman–Crippen LogP) is -1.36. The zero-order chi connectivity index (χ0) is 8.97. The Kier molecular flexibility index (Phi) is 3.04. The van der Waals surface area contributed by atoms with Crippen LogP contribution in [0.4, 0.5) is 0 Å². The summed E-state index contributed by atoms with van der Waals surface area (Å²) in [6.07, 6.45) is 0. The highest BCUT2D eigenvalue weighted by molar-refractivity contribution is 5.86. The number of nitrogens with one attached hydrogen (secondary N) is 2. The van der Waals surface area contributed by atoms with Gasteiger partial charge in [0.25, 0.3) is 0 Å². The molecule has 0 radical (unpaired) electrons. The predicted molar refractivity (Wildman–Crippen MR) is 41.4 cm³/mol. The molecule has 1 aliphatic heterocycles. The molecule has 1 amide bonds. The van der Waals surface area contributed by atoms with Crippen LogP contribution in [0.15, 0.2) is 0 Å². The summed E-state index contributed by atoms with van der Waals surface area (Å²) in [6, 6.07) is -0.522. The molecule has 1 saturated heterocycles. The van der Waals surface area contributed by atoms with E-state index in [1.807, 2.05) is 0 Å². The van der Waals surface area contributed by atoms with E-state index in [2.05, 4.69) is 10.6 Å². The molecule has 5 heteroatoms. The van der Waals surface area contributed by atoms with E-state index >= 15 is 0 Å². The van der Waals surface area contributed by atoms with Crippen LogP contribution in [0.25, 0.3) is 0 Å². The summed E-state index contributed by atoms with van der Waals surface area (Å²) >= 11 is 0. The second kappa shape index (κ2) is 4.06. The van der Waals surface area contributed by atoms with Crippen molar-refractivity contribution in [3.63, 3.8) is 0 Å². The lowest BCUT2D eigenvalue weighted by molar-refractivity contribution is -0.148. The fourth-order valence-electron chi connectivity index (χ4n) is 1.01. The van der Waals surface area contributed by atoms with Crippen molar-refractivity contribution < 1.29 is 14.3 Å². The fraction of sp³-hybridized carbons (Fsp3) is 0.714. The maximum atomic E-state index is 11.1. The van der Waals surface area contributed by atoms with Crippen molar-refractivity contribution in [2.75, 3.05) is 19.7 Å². The topological polar surface area (TPSA) is 67.4 Å². The normalized spacial score (nSPS) is 23.1. The van der Waals surface area contributed by atoms with E-state index in [0.717, 1.165) is 0 Å². The number of hydrogen-bond donors (Lipinski definition) is 2. The van der Waals surface area contributed by atoms with Crippen LogP contribution in [-0.2, 0) is 14.3 Å². The number of carbonyl (C=O) groups excluding carboxylic acids is 2. The van der Waals surface area contributed by atoms with Crippen molar-refractivity contribution in [3.8, 4) is 0 Å². The highest BCUT2D eigenvalue weighted by atomic mass is 16.5. The van der Waals surface area contributed by atoms with E-state index in [4.69, 9.17) is 4.74 Å². The van der Waals surface area contributed by atoms with E-state index in [1.54, 1.807) is 6.92 Å². The Morgan fingerprint density at radius 3 is 3.08 bits per heavy atom. The summed E-state index contributed by atoms with van der Waals surface area (Å²) in [5.74, 6) is -0.544. The van der Waals surface area contributed by atoms with Crippen LogP contribution < -0.4 is 10.6 Å².